The van der Waals surface area contributed by atoms with Gasteiger partial charge in [0.05, 0.1) is 6.04 Å². The van der Waals surface area contributed by atoms with Crippen LogP contribution in [0.3, 0.4) is 0 Å². The first-order chi connectivity index (χ1) is 7.02. The normalized spacial score (nSPS) is 12.2. The van der Waals surface area contributed by atoms with E-state index in [4.69, 9.17) is 5.73 Å². The lowest BCUT2D eigenvalue weighted by molar-refractivity contribution is -0.118. The van der Waals surface area contributed by atoms with Gasteiger partial charge in [-0.3, -0.25) is 4.79 Å². The van der Waals surface area contributed by atoms with Crippen LogP contribution in [0.2, 0.25) is 0 Å². The molecule has 2 nitrogen and oxygen atoms in total. The Morgan fingerprint density at radius 1 is 1.47 bits per heavy atom. The van der Waals surface area contributed by atoms with Gasteiger partial charge in [-0.15, -0.1) is 0 Å². The number of hydrogen-bond donors (Lipinski definition) is 1. The molecule has 0 saturated carbocycles. The Kier molecular flexibility index (Phi) is 3.81. The zero-order valence-corrected chi connectivity index (χ0v) is 9.29. The minimum absolute atomic E-state index is 0.00438. The van der Waals surface area contributed by atoms with Gasteiger partial charge in [-0.1, -0.05) is 30.8 Å². The van der Waals surface area contributed by atoms with Crippen LogP contribution in [0.5, 0.6) is 0 Å². The maximum Gasteiger partial charge on any atom is 0.146 e. The molecule has 2 heteroatoms. The van der Waals surface area contributed by atoms with Crippen LogP contribution < -0.4 is 5.73 Å². The number of aryl methyl sites for hydroxylation is 1. The fourth-order valence-electron chi connectivity index (χ4n) is 1.49. The monoisotopic (exact) mass is 203 g/mol. The zero-order valence-electron chi connectivity index (χ0n) is 9.29. The van der Waals surface area contributed by atoms with Crippen molar-refractivity contribution >= 4 is 11.4 Å². The smallest absolute Gasteiger partial charge is 0.146 e. The first kappa shape index (κ1) is 11.7. The van der Waals surface area contributed by atoms with Crippen molar-refractivity contribution < 1.29 is 4.79 Å². The summed E-state index contributed by atoms with van der Waals surface area (Å²) in [7, 11) is 0. The average Bonchev–Trinajstić information content (AvgIpc) is 2.18. The SMILES string of the molecule is C=C(C[C@H](N)C(C)=O)c1ccccc1C. The van der Waals surface area contributed by atoms with Gasteiger partial charge in [-0.05, 0) is 37.0 Å². The average molecular weight is 203 g/mol. The Hall–Kier alpha value is -1.41. The zero-order chi connectivity index (χ0) is 11.4. The number of nitrogens with two attached hydrogens (primary N) is 1. The van der Waals surface area contributed by atoms with Gasteiger partial charge in [0, 0.05) is 0 Å². The summed E-state index contributed by atoms with van der Waals surface area (Å²) in [6, 6.07) is 7.55. The molecular weight excluding hydrogens is 186 g/mol. The molecule has 1 aromatic rings. The van der Waals surface area contributed by atoms with E-state index in [0.29, 0.717) is 6.42 Å². The van der Waals surface area contributed by atoms with Crippen molar-refractivity contribution in [2.24, 2.45) is 5.73 Å². The summed E-state index contributed by atoms with van der Waals surface area (Å²) in [6.45, 7) is 7.51. The molecule has 0 bridgehead atoms. The lowest BCUT2D eigenvalue weighted by Gasteiger charge is -2.12. The van der Waals surface area contributed by atoms with Gasteiger partial charge in [0.1, 0.15) is 5.78 Å². The molecular formula is C13H17NO. The molecule has 0 saturated heterocycles. The van der Waals surface area contributed by atoms with E-state index in [1.807, 2.05) is 31.2 Å². The molecule has 0 aliphatic heterocycles. The van der Waals surface area contributed by atoms with Crippen LogP contribution in [0, 0.1) is 6.92 Å². The summed E-state index contributed by atoms with van der Waals surface area (Å²) in [5, 5.41) is 0. The fraction of sp³-hybridized carbons (Fsp3) is 0.308. The van der Waals surface area contributed by atoms with E-state index in [2.05, 4.69) is 6.58 Å². The van der Waals surface area contributed by atoms with Crippen molar-refractivity contribution in [3.8, 4) is 0 Å². The van der Waals surface area contributed by atoms with Crippen molar-refractivity contribution in [3.63, 3.8) is 0 Å². The summed E-state index contributed by atoms with van der Waals surface area (Å²) in [5.74, 6) is 0.00438. The van der Waals surface area contributed by atoms with Gasteiger partial charge in [-0.2, -0.15) is 0 Å². The Bertz CT molecular complexity index is 382. The number of carbonyl (C=O) groups is 1. The summed E-state index contributed by atoms with van der Waals surface area (Å²) in [6.07, 6.45) is 0.528. The van der Waals surface area contributed by atoms with Crippen molar-refractivity contribution in [1.29, 1.82) is 0 Å². The Morgan fingerprint density at radius 3 is 2.60 bits per heavy atom. The van der Waals surface area contributed by atoms with E-state index < -0.39 is 6.04 Å². The standard InChI is InChI=1S/C13H17NO/c1-9-6-4-5-7-12(9)10(2)8-13(14)11(3)15/h4-7,13H,2,8,14H2,1,3H3/t13-/m0/s1. The number of hydrogen-bond acceptors (Lipinski definition) is 2. The van der Waals surface area contributed by atoms with Crippen LogP contribution >= 0.6 is 0 Å². The fourth-order valence-corrected chi connectivity index (χ4v) is 1.49. The minimum atomic E-state index is -0.433. The summed E-state index contributed by atoms with van der Waals surface area (Å²) >= 11 is 0. The van der Waals surface area contributed by atoms with Crippen LogP contribution in [-0.4, -0.2) is 11.8 Å². The summed E-state index contributed by atoms with van der Waals surface area (Å²) in [5.41, 5.74) is 8.88. The number of rotatable bonds is 4. The molecule has 1 atom stereocenters. The first-order valence-corrected chi connectivity index (χ1v) is 5.02. The molecule has 0 amide bonds. The molecule has 0 aliphatic carbocycles. The highest BCUT2D eigenvalue weighted by Gasteiger charge is 2.11. The number of carbonyl (C=O) groups excluding carboxylic acids is 1. The molecule has 1 aromatic carbocycles. The molecule has 0 fully saturated rings. The number of benzene rings is 1. The van der Waals surface area contributed by atoms with Gasteiger partial charge in [0.15, 0.2) is 0 Å². The van der Waals surface area contributed by atoms with Crippen LogP contribution in [0.4, 0.5) is 0 Å². The van der Waals surface area contributed by atoms with Gasteiger partial charge >= 0.3 is 0 Å². The van der Waals surface area contributed by atoms with Crippen LogP contribution in [0.1, 0.15) is 24.5 Å². The summed E-state index contributed by atoms with van der Waals surface area (Å²) < 4.78 is 0. The largest absolute Gasteiger partial charge is 0.321 e. The minimum Gasteiger partial charge on any atom is -0.321 e. The van der Waals surface area contributed by atoms with Crippen LogP contribution in [-0.2, 0) is 4.79 Å². The molecule has 15 heavy (non-hydrogen) atoms. The Morgan fingerprint density at radius 2 is 2.07 bits per heavy atom. The topological polar surface area (TPSA) is 43.1 Å². The molecule has 2 N–H and O–H groups in total. The van der Waals surface area contributed by atoms with Gasteiger partial charge in [0.25, 0.3) is 0 Å². The molecule has 80 valence electrons. The third kappa shape index (κ3) is 3.03. The number of ketones is 1. The molecule has 0 spiro atoms. The Balaban J connectivity index is 2.78. The molecule has 1 rings (SSSR count). The van der Waals surface area contributed by atoms with Gasteiger partial charge in [-0.25, -0.2) is 0 Å². The molecule has 0 heterocycles. The van der Waals surface area contributed by atoms with Crippen molar-refractivity contribution in [1.82, 2.24) is 0 Å². The van der Waals surface area contributed by atoms with Crippen LogP contribution in [0.15, 0.2) is 30.8 Å². The van der Waals surface area contributed by atoms with E-state index in [9.17, 15) is 4.79 Å². The first-order valence-electron chi connectivity index (χ1n) is 5.02. The Labute approximate surface area is 90.8 Å². The second-order valence-electron chi connectivity index (χ2n) is 3.84. The maximum atomic E-state index is 11.0. The van der Waals surface area contributed by atoms with Gasteiger partial charge < -0.3 is 5.73 Å². The number of Topliss-reactive ketones (excluding diaryl/α,β-unsaturated/α-hetero) is 1. The van der Waals surface area contributed by atoms with Crippen molar-refractivity contribution in [3.05, 3.63) is 42.0 Å². The van der Waals surface area contributed by atoms with Crippen molar-refractivity contribution in [2.75, 3.05) is 0 Å². The molecule has 0 unspecified atom stereocenters. The van der Waals surface area contributed by atoms with E-state index in [1.54, 1.807) is 0 Å². The second kappa shape index (κ2) is 4.89. The maximum absolute atomic E-state index is 11.0. The third-order valence-electron chi connectivity index (χ3n) is 2.51. The van der Waals surface area contributed by atoms with E-state index >= 15 is 0 Å². The quantitative estimate of drug-likeness (QED) is 0.816. The van der Waals surface area contributed by atoms with E-state index in [0.717, 1.165) is 11.1 Å². The molecule has 0 aromatic heterocycles. The highest BCUT2D eigenvalue weighted by atomic mass is 16.1. The third-order valence-corrected chi connectivity index (χ3v) is 2.51. The van der Waals surface area contributed by atoms with Crippen LogP contribution in [0.25, 0.3) is 5.57 Å². The van der Waals surface area contributed by atoms with E-state index in [-0.39, 0.29) is 5.78 Å². The lowest BCUT2D eigenvalue weighted by Crippen LogP contribution is -2.28. The van der Waals surface area contributed by atoms with Crippen molar-refractivity contribution in [2.45, 2.75) is 26.3 Å². The lowest BCUT2D eigenvalue weighted by atomic mass is 9.95. The predicted octanol–water partition coefficient (Wildman–Crippen LogP) is 2.31. The highest BCUT2D eigenvalue weighted by Crippen LogP contribution is 2.20. The highest BCUT2D eigenvalue weighted by molar-refractivity contribution is 5.83. The molecule has 0 aliphatic rings. The molecule has 0 radical (unpaired) electrons. The van der Waals surface area contributed by atoms with Gasteiger partial charge in [0.2, 0.25) is 0 Å². The van der Waals surface area contributed by atoms with E-state index in [1.165, 1.54) is 12.5 Å². The second-order valence-corrected chi connectivity index (χ2v) is 3.84. The predicted molar refractivity (Wildman–Crippen MR) is 63.5 cm³/mol. The summed E-state index contributed by atoms with van der Waals surface area (Å²) in [4.78, 5) is 11.0.